The average molecular weight is 311 g/mol. The van der Waals surface area contributed by atoms with Gasteiger partial charge in [0.2, 0.25) is 5.91 Å². The Kier molecular flexibility index (Phi) is 4.46. The number of aromatic nitrogens is 2. The minimum Gasteiger partial charge on any atom is -0.481 e. The largest absolute Gasteiger partial charge is 0.481 e. The van der Waals surface area contributed by atoms with E-state index in [-0.39, 0.29) is 18.2 Å². The van der Waals surface area contributed by atoms with E-state index in [2.05, 4.69) is 4.98 Å². The minimum absolute atomic E-state index is 0.0249. The number of hydrogen-bond donors (Lipinski definition) is 1. The molecule has 112 valence electrons. The molecule has 1 aromatic carbocycles. The second-order valence-corrected chi connectivity index (χ2v) is 5.53. The Hall–Kier alpha value is -2.09. The molecule has 2 aromatic rings. The number of thioether (sulfide) groups is 1. The molecule has 0 bridgehead atoms. The highest BCUT2D eigenvalue weighted by Gasteiger charge is 2.16. The maximum Gasteiger partial charge on any atom is 0.313 e. The first-order chi connectivity index (χ1) is 9.88. The number of fused-ring (bicyclic) bond motifs is 1. The van der Waals surface area contributed by atoms with Crippen molar-refractivity contribution >= 4 is 34.7 Å². The molecule has 1 aromatic heterocycles. The van der Waals surface area contributed by atoms with Gasteiger partial charge in [0.1, 0.15) is 12.4 Å². The molecule has 21 heavy (non-hydrogen) atoms. The summed E-state index contributed by atoms with van der Waals surface area (Å²) >= 11 is 1.000. The predicted octanol–water partition coefficient (Wildman–Crippen LogP) is 1.44. The Morgan fingerprint density at radius 3 is 2.76 bits per heavy atom. The van der Waals surface area contributed by atoms with Gasteiger partial charge >= 0.3 is 5.97 Å². The molecule has 2 rings (SSSR count). The summed E-state index contributed by atoms with van der Waals surface area (Å²) in [5, 5.41) is 9.14. The highest BCUT2D eigenvalue weighted by molar-refractivity contribution is 7.99. The molecular formula is C13H14FN3O3S. The van der Waals surface area contributed by atoms with Crippen LogP contribution in [0, 0.1) is 5.82 Å². The lowest BCUT2D eigenvalue weighted by Crippen LogP contribution is -2.26. The number of benzene rings is 1. The van der Waals surface area contributed by atoms with Crippen molar-refractivity contribution in [1.82, 2.24) is 14.5 Å². The Morgan fingerprint density at radius 1 is 1.43 bits per heavy atom. The van der Waals surface area contributed by atoms with E-state index in [1.807, 2.05) is 0 Å². The lowest BCUT2D eigenvalue weighted by Gasteiger charge is -2.13. The summed E-state index contributed by atoms with van der Waals surface area (Å²) in [6, 6.07) is 4.08. The highest BCUT2D eigenvalue weighted by atomic mass is 32.2. The van der Waals surface area contributed by atoms with Crippen LogP contribution in [0.4, 0.5) is 4.39 Å². The number of likely N-dealkylation sites (N-methyl/N-ethyl adjacent to an activating group) is 1. The van der Waals surface area contributed by atoms with Crippen LogP contribution in [0.1, 0.15) is 0 Å². The highest BCUT2D eigenvalue weighted by Crippen LogP contribution is 2.24. The zero-order valence-electron chi connectivity index (χ0n) is 11.5. The molecule has 0 aliphatic carbocycles. The van der Waals surface area contributed by atoms with Gasteiger partial charge in [0.25, 0.3) is 0 Å². The molecule has 8 heteroatoms. The van der Waals surface area contributed by atoms with Crippen molar-refractivity contribution in [1.29, 1.82) is 0 Å². The van der Waals surface area contributed by atoms with Gasteiger partial charge in [0.15, 0.2) is 5.16 Å². The van der Waals surface area contributed by atoms with Gasteiger partial charge in [0.05, 0.1) is 16.8 Å². The first kappa shape index (κ1) is 15.3. The molecule has 0 aliphatic heterocycles. The fraction of sp³-hybridized carbons (Fsp3) is 0.308. The van der Waals surface area contributed by atoms with E-state index in [0.717, 1.165) is 11.8 Å². The SMILES string of the molecule is CN(C)C(=O)Cn1c(SCC(=O)O)nc2cc(F)ccc21. The number of carbonyl (C=O) groups is 2. The fourth-order valence-electron chi connectivity index (χ4n) is 1.75. The van der Waals surface area contributed by atoms with Gasteiger partial charge in [-0.3, -0.25) is 9.59 Å². The van der Waals surface area contributed by atoms with Crippen LogP contribution in [-0.2, 0) is 16.1 Å². The second-order valence-electron chi connectivity index (χ2n) is 4.58. The molecule has 0 radical (unpaired) electrons. The monoisotopic (exact) mass is 311 g/mol. The van der Waals surface area contributed by atoms with Crippen LogP contribution in [0.25, 0.3) is 11.0 Å². The smallest absolute Gasteiger partial charge is 0.313 e. The van der Waals surface area contributed by atoms with Crippen LogP contribution in [0.3, 0.4) is 0 Å². The van der Waals surface area contributed by atoms with Gasteiger partial charge in [-0.1, -0.05) is 11.8 Å². The summed E-state index contributed by atoms with van der Waals surface area (Å²) in [5.41, 5.74) is 0.994. The van der Waals surface area contributed by atoms with Crippen molar-refractivity contribution in [3.63, 3.8) is 0 Å². The van der Waals surface area contributed by atoms with Gasteiger partial charge in [0, 0.05) is 20.2 Å². The average Bonchev–Trinajstić information content (AvgIpc) is 2.73. The van der Waals surface area contributed by atoms with E-state index in [9.17, 15) is 14.0 Å². The van der Waals surface area contributed by atoms with Gasteiger partial charge in [-0.05, 0) is 12.1 Å². The Morgan fingerprint density at radius 2 is 2.14 bits per heavy atom. The normalized spacial score (nSPS) is 10.8. The van der Waals surface area contributed by atoms with E-state index in [4.69, 9.17) is 5.11 Å². The number of rotatable bonds is 5. The van der Waals surface area contributed by atoms with Crippen LogP contribution in [0.15, 0.2) is 23.4 Å². The number of hydrogen-bond acceptors (Lipinski definition) is 4. The number of carboxylic acids is 1. The zero-order chi connectivity index (χ0) is 15.6. The number of imidazole rings is 1. The van der Waals surface area contributed by atoms with E-state index in [0.29, 0.717) is 16.2 Å². The van der Waals surface area contributed by atoms with Crippen molar-refractivity contribution in [2.24, 2.45) is 0 Å². The third kappa shape index (κ3) is 3.52. The molecule has 1 N–H and O–H groups in total. The standard InChI is InChI=1S/C13H14FN3O3S/c1-16(2)11(18)6-17-10-4-3-8(14)5-9(10)15-13(17)21-7-12(19)20/h3-5H,6-7H2,1-2H3,(H,19,20). The Balaban J connectivity index is 2.44. The van der Waals surface area contributed by atoms with E-state index in [1.54, 1.807) is 18.7 Å². The van der Waals surface area contributed by atoms with E-state index in [1.165, 1.54) is 23.1 Å². The van der Waals surface area contributed by atoms with Crippen molar-refractivity contribution in [2.45, 2.75) is 11.7 Å². The maximum atomic E-state index is 13.3. The van der Waals surface area contributed by atoms with Crippen LogP contribution >= 0.6 is 11.8 Å². The first-order valence-corrected chi connectivity index (χ1v) is 7.07. The minimum atomic E-state index is -0.983. The maximum absolute atomic E-state index is 13.3. The van der Waals surface area contributed by atoms with Gasteiger partial charge in [-0.2, -0.15) is 0 Å². The lowest BCUT2D eigenvalue weighted by atomic mass is 10.3. The zero-order valence-corrected chi connectivity index (χ0v) is 12.4. The summed E-state index contributed by atoms with van der Waals surface area (Å²) in [7, 11) is 3.26. The third-order valence-electron chi connectivity index (χ3n) is 2.79. The Bertz CT molecular complexity index is 699. The molecule has 1 amide bonds. The fourth-order valence-corrected chi connectivity index (χ4v) is 2.48. The van der Waals surface area contributed by atoms with Crippen LogP contribution < -0.4 is 0 Å². The summed E-state index contributed by atoms with van der Waals surface area (Å²) in [5.74, 6) is -1.75. The van der Waals surface area contributed by atoms with Crippen molar-refractivity contribution in [3.8, 4) is 0 Å². The molecule has 0 saturated heterocycles. The van der Waals surface area contributed by atoms with Crippen molar-refractivity contribution in [2.75, 3.05) is 19.8 Å². The third-order valence-corrected chi connectivity index (χ3v) is 3.75. The molecule has 0 spiro atoms. The molecule has 0 unspecified atom stereocenters. The van der Waals surface area contributed by atoms with E-state index >= 15 is 0 Å². The number of nitrogens with zero attached hydrogens (tertiary/aromatic N) is 3. The number of carbonyl (C=O) groups excluding carboxylic acids is 1. The number of aliphatic carboxylic acids is 1. The van der Waals surface area contributed by atoms with Crippen LogP contribution in [-0.4, -0.2) is 51.3 Å². The molecule has 1 heterocycles. The predicted molar refractivity (Wildman–Crippen MR) is 76.7 cm³/mol. The molecule has 0 saturated carbocycles. The van der Waals surface area contributed by atoms with Crippen LogP contribution in [0.5, 0.6) is 0 Å². The summed E-state index contributed by atoms with van der Waals surface area (Å²) in [6.45, 7) is 0.0249. The summed E-state index contributed by atoms with van der Waals surface area (Å²) in [6.07, 6.45) is 0. The van der Waals surface area contributed by atoms with Gasteiger partial charge in [-0.25, -0.2) is 9.37 Å². The number of amides is 1. The number of carboxylic acid groups (broad SMARTS) is 1. The molecule has 0 atom stereocenters. The summed E-state index contributed by atoms with van der Waals surface area (Å²) < 4.78 is 14.9. The lowest BCUT2D eigenvalue weighted by molar-refractivity contribution is -0.134. The topological polar surface area (TPSA) is 75.4 Å². The molecule has 0 aliphatic rings. The first-order valence-electron chi connectivity index (χ1n) is 6.09. The second kappa shape index (κ2) is 6.13. The number of halogens is 1. The Labute approximate surface area is 124 Å². The quantitative estimate of drug-likeness (QED) is 0.846. The van der Waals surface area contributed by atoms with Gasteiger partial charge in [-0.15, -0.1) is 0 Å². The molecule has 0 fully saturated rings. The van der Waals surface area contributed by atoms with Crippen LogP contribution in [0.2, 0.25) is 0 Å². The van der Waals surface area contributed by atoms with Crippen molar-refractivity contribution < 1.29 is 19.1 Å². The molecular weight excluding hydrogens is 297 g/mol. The summed E-state index contributed by atoms with van der Waals surface area (Å²) in [4.78, 5) is 28.2. The molecule has 6 nitrogen and oxygen atoms in total. The van der Waals surface area contributed by atoms with E-state index < -0.39 is 11.8 Å². The van der Waals surface area contributed by atoms with Gasteiger partial charge < -0.3 is 14.6 Å². The van der Waals surface area contributed by atoms with Crippen molar-refractivity contribution in [3.05, 3.63) is 24.0 Å².